The zero-order valence-electron chi connectivity index (χ0n) is 10.4. The van der Waals surface area contributed by atoms with Crippen molar-refractivity contribution in [1.82, 2.24) is 9.97 Å². The molecule has 3 rings (SSSR count). The third-order valence-corrected chi connectivity index (χ3v) is 3.81. The van der Waals surface area contributed by atoms with Gasteiger partial charge in [0.2, 0.25) is 0 Å². The van der Waals surface area contributed by atoms with Crippen LogP contribution in [-0.4, -0.2) is 20.8 Å². The van der Waals surface area contributed by atoms with Crippen LogP contribution >= 0.6 is 11.3 Å². The molecule has 0 saturated heterocycles. The number of imidazole rings is 1. The molecule has 3 aromatic rings. The molecule has 1 amide bonds. The van der Waals surface area contributed by atoms with Gasteiger partial charge in [0.05, 0.1) is 20.8 Å². The number of carbonyl (C=O) groups excluding carboxylic acids is 1. The van der Waals surface area contributed by atoms with Crippen molar-refractivity contribution in [3.63, 3.8) is 0 Å². The van der Waals surface area contributed by atoms with E-state index in [0.717, 1.165) is 11.3 Å². The Hall–Kier alpha value is -2.94. The van der Waals surface area contributed by atoms with E-state index in [1.807, 2.05) is 0 Å². The summed E-state index contributed by atoms with van der Waals surface area (Å²) >= 11 is 0.801. The van der Waals surface area contributed by atoms with Gasteiger partial charge in [-0.25, -0.2) is 4.79 Å². The number of H-pyrrole nitrogens is 2. The number of hydrogen-bond acceptors (Lipinski definition) is 5. The minimum Gasteiger partial charge on any atom is -0.321 e. The molecule has 0 bridgehead atoms. The SMILES string of the molecule is O=C(Nc1ccc2[nH]c(=O)[nH]c2c1)c1ccc([N+](=O)[O-])s1. The van der Waals surface area contributed by atoms with E-state index in [9.17, 15) is 19.7 Å². The van der Waals surface area contributed by atoms with Crippen molar-refractivity contribution in [3.8, 4) is 0 Å². The Bertz CT molecular complexity index is 907. The summed E-state index contributed by atoms with van der Waals surface area (Å²) in [7, 11) is 0. The van der Waals surface area contributed by atoms with Gasteiger partial charge in [-0.2, -0.15) is 0 Å². The number of nitrogens with one attached hydrogen (secondary N) is 3. The van der Waals surface area contributed by atoms with E-state index in [2.05, 4.69) is 15.3 Å². The molecule has 1 aromatic carbocycles. The molecule has 2 aromatic heterocycles. The molecule has 0 saturated carbocycles. The lowest BCUT2D eigenvalue weighted by Crippen LogP contribution is -2.09. The topological polar surface area (TPSA) is 121 Å². The number of hydrogen-bond donors (Lipinski definition) is 3. The van der Waals surface area contributed by atoms with Gasteiger partial charge in [0, 0.05) is 11.8 Å². The summed E-state index contributed by atoms with van der Waals surface area (Å²) < 4.78 is 0. The summed E-state index contributed by atoms with van der Waals surface area (Å²) in [6, 6.07) is 7.57. The van der Waals surface area contributed by atoms with E-state index in [1.165, 1.54) is 12.1 Å². The lowest BCUT2D eigenvalue weighted by molar-refractivity contribution is -0.380. The Labute approximate surface area is 120 Å². The molecular weight excluding hydrogens is 296 g/mol. The summed E-state index contributed by atoms with van der Waals surface area (Å²) in [6.07, 6.45) is 0. The third kappa shape index (κ3) is 2.54. The number of aromatic nitrogens is 2. The van der Waals surface area contributed by atoms with Crippen LogP contribution in [-0.2, 0) is 0 Å². The highest BCUT2D eigenvalue weighted by Gasteiger charge is 2.15. The number of anilines is 1. The smallest absolute Gasteiger partial charge is 0.321 e. The number of thiophene rings is 1. The Balaban J connectivity index is 1.84. The van der Waals surface area contributed by atoms with Gasteiger partial charge >= 0.3 is 10.7 Å². The monoisotopic (exact) mass is 304 g/mol. The van der Waals surface area contributed by atoms with Crippen molar-refractivity contribution < 1.29 is 9.72 Å². The Kier molecular flexibility index (Phi) is 3.03. The number of nitro groups is 1. The molecule has 0 radical (unpaired) electrons. The average Bonchev–Trinajstić information content (AvgIpc) is 3.03. The number of fused-ring (bicyclic) bond motifs is 1. The summed E-state index contributed by atoms with van der Waals surface area (Å²) in [6.45, 7) is 0. The van der Waals surface area contributed by atoms with Crippen LogP contribution in [0.1, 0.15) is 9.67 Å². The first-order valence-electron chi connectivity index (χ1n) is 5.80. The lowest BCUT2D eigenvalue weighted by atomic mass is 10.2. The van der Waals surface area contributed by atoms with Gasteiger partial charge in [-0.3, -0.25) is 14.9 Å². The third-order valence-electron chi connectivity index (χ3n) is 2.77. The van der Waals surface area contributed by atoms with Crippen molar-refractivity contribution in [2.45, 2.75) is 0 Å². The van der Waals surface area contributed by atoms with E-state index >= 15 is 0 Å². The normalized spacial score (nSPS) is 10.7. The minimum atomic E-state index is -0.544. The zero-order chi connectivity index (χ0) is 15.0. The van der Waals surface area contributed by atoms with Crippen LogP contribution < -0.4 is 11.0 Å². The number of amides is 1. The number of carbonyl (C=O) groups is 1. The van der Waals surface area contributed by atoms with E-state index in [-0.39, 0.29) is 15.6 Å². The number of aromatic amines is 2. The Morgan fingerprint density at radius 2 is 1.95 bits per heavy atom. The first-order valence-corrected chi connectivity index (χ1v) is 6.62. The predicted molar refractivity (Wildman–Crippen MR) is 77.8 cm³/mol. The van der Waals surface area contributed by atoms with Crippen molar-refractivity contribution >= 4 is 39.0 Å². The summed E-state index contributed by atoms with van der Waals surface area (Å²) in [5.74, 6) is -0.440. The van der Waals surface area contributed by atoms with Gasteiger partial charge < -0.3 is 15.3 Å². The molecule has 9 heteroatoms. The van der Waals surface area contributed by atoms with Crippen molar-refractivity contribution in [1.29, 1.82) is 0 Å². The maximum Gasteiger partial charge on any atom is 0.324 e. The van der Waals surface area contributed by atoms with Gasteiger partial charge in [-0.15, -0.1) is 0 Å². The summed E-state index contributed by atoms with van der Waals surface area (Å²) in [5.41, 5.74) is 1.35. The Morgan fingerprint density at radius 3 is 2.67 bits per heavy atom. The molecular formula is C12H8N4O4S. The largest absolute Gasteiger partial charge is 0.324 e. The fraction of sp³-hybridized carbons (Fsp3) is 0. The fourth-order valence-corrected chi connectivity index (χ4v) is 2.57. The van der Waals surface area contributed by atoms with Gasteiger partial charge in [0.25, 0.3) is 5.91 Å². The van der Waals surface area contributed by atoms with Crippen LogP contribution in [0.3, 0.4) is 0 Å². The molecule has 21 heavy (non-hydrogen) atoms. The van der Waals surface area contributed by atoms with Crippen LogP contribution in [0.5, 0.6) is 0 Å². The average molecular weight is 304 g/mol. The van der Waals surface area contributed by atoms with Gasteiger partial charge in [-0.1, -0.05) is 11.3 Å². The van der Waals surface area contributed by atoms with Crippen LogP contribution in [0.25, 0.3) is 11.0 Å². The molecule has 0 aliphatic rings. The van der Waals surface area contributed by atoms with Crippen LogP contribution in [0.15, 0.2) is 35.1 Å². The van der Waals surface area contributed by atoms with Crippen LogP contribution in [0.2, 0.25) is 0 Å². The molecule has 0 spiro atoms. The number of nitrogens with zero attached hydrogens (tertiary/aromatic N) is 1. The Morgan fingerprint density at radius 1 is 1.19 bits per heavy atom. The number of benzene rings is 1. The minimum absolute atomic E-state index is 0.0921. The van der Waals surface area contributed by atoms with Crippen molar-refractivity contribution in [2.24, 2.45) is 0 Å². The van der Waals surface area contributed by atoms with Crippen molar-refractivity contribution in [2.75, 3.05) is 5.32 Å². The summed E-state index contributed by atoms with van der Waals surface area (Å²) in [5, 5.41) is 13.1. The molecule has 0 atom stereocenters. The maximum absolute atomic E-state index is 12.0. The molecule has 3 N–H and O–H groups in total. The first kappa shape index (κ1) is 13.1. The van der Waals surface area contributed by atoms with E-state index in [0.29, 0.717) is 16.7 Å². The standard InChI is InChI=1S/C12H8N4O4S/c17-11(9-3-4-10(21-9)16(19)20)13-6-1-2-7-8(5-6)15-12(18)14-7/h1-5H,(H,13,17)(H2,14,15,18). The summed E-state index contributed by atoms with van der Waals surface area (Å²) in [4.78, 5) is 38.6. The molecule has 0 fully saturated rings. The fourth-order valence-electron chi connectivity index (χ4n) is 1.85. The van der Waals surface area contributed by atoms with Gasteiger partial charge in [0.15, 0.2) is 0 Å². The van der Waals surface area contributed by atoms with E-state index in [4.69, 9.17) is 0 Å². The second kappa shape index (κ2) is 4.87. The predicted octanol–water partition coefficient (Wildman–Crippen LogP) is 2.08. The molecule has 8 nitrogen and oxygen atoms in total. The van der Waals surface area contributed by atoms with E-state index in [1.54, 1.807) is 18.2 Å². The van der Waals surface area contributed by atoms with Crippen LogP contribution in [0, 0.1) is 10.1 Å². The van der Waals surface area contributed by atoms with Gasteiger partial charge in [0.1, 0.15) is 0 Å². The van der Waals surface area contributed by atoms with E-state index < -0.39 is 10.8 Å². The second-order valence-electron chi connectivity index (χ2n) is 4.19. The first-order chi connectivity index (χ1) is 10.0. The molecule has 2 heterocycles. The lowest BCUT2D eigenvalue weighted by Gasteiger charge is -2.02. The van der Waals surface area contributed by atoms with Gasteiger partial charge in [-0.05, 0) is 24.3 Å². The molecule has 0 unspecified atom stereocenters. The highest BCUT2D eigenvalue weighted by atomic mass is 32.1. The van der Waals surface area contributed by atoms with Crippen LogP contribution in [0.4, 0.5) is 10.7 Å². The molecule has 0 aliphatic carbocycles. The highest BCUT2D eigenvalue weighted by Crippen LogP contribution is 2.25. The zero-order valence-corrected chi connectivity index (χ0v) is 11.2. The number of rotatable bonds is 3. The maximum atomic E-state index is 12.0. The molecule has 0 aliphatic heterocycles. The second-order valence-corrected chi connectivity index (χ2v) is 5.25. The quantitative estimate of drug-likeness (QED) is 0.506. The highest BCUT2D eigenvalue weighted by molar-refractivity contribution is 7.17. The molecule has 106 valence electrons. The van der Waals surface area contributed by atoms with Crippen molar-refractivity contribution in [3.05, 3.63) is 55.8 Å².